The number of carbonyl (C=O) groups is 1. The lowest BCUT2D eigenvalue weighted by Gasteiger charge is -2.34. The van der Waals surface area contributed by atoms with E-state index in [1.165, 1.54) is 6.42 Å². The third-order valence-corrected chi connectivity index (χ3v) is 4.25. The van der Waals surface area contributed by atoms with E-state index < -0.39 is 0 Å². The van der Waals surface area contributed by atoms with Gasteiger partial charge in [0.05, 0.1) is 6.04 Å². The summed E-state index contributed by atoms with van der Waals surface area (Å²) in [4.78, 5) is 14.5. The maximum absolute atomic E-state index is 12.3. The number of aliphatic hydroxyl groups excluding tert-OH is 1. The number of likely N-dealkylation sites (N-methyl/N-ethyl adjacent to an activating group) is 1. The molecule has 0 saturated carbocycles. The number of hydrogen-bond donors (Lipinski definition) is 2. The molecule has 0 aromatic heterocycles. The van der Waals surface area contributed by atoms with Gasteiger partial charge in [-0.1, -0.05) is 13.3 Å². The Labute approximate surface area is 115 Å². The van der Waals surface area contributed by atoms with Crippen molar-refractivity contribution in [2.24, 2.45) is 0 Å². The van der Waals surface area contributed by atoms with Gasteiger partial charge in [-0.25, -0.2) is 0 Å². The molecule has 0 radical (unpaired) electrons. The van der Waals surface area contributed by atoms with Crippen LogP contribution in [0, 0.1) is 0 Å². The van der Waals surface area contributed by atoms with Crippen molar-refractivity contribution in [2.45, 2.75) is 44.7 Å². The Morgan fingerprint density at radius 3 is 2.94 bits per heavy atom. The summed E-state index contributed by atoms with van der Waals surface area (Å²) in [7, 11) is 0. The number of nitrogens with one attached hydrogen (secondary N) is 1. The summed E-state index contributed by atoms with van der Waals surface area (Å²) >= 11 is 1.71. The molecule has 2 N–H and O–H groups in total. The van der Waals surface area contributed by atoms with Crippen molar-refractivity contribution in [2.75, 3.05) is 31.7 Å². The highest BCUT2D eigenvalue weighted by Gasteiger charge is 2.28. The van der Waals surface area contributed by atoms with Crippen LogP contribution in [0.3, 0.4) is 0 Å². The van der Waals surface area contributed by atoms with E-state index in [0.29, 0.717) is 6.42 Å². The largest absolute Gasteiger partial charge is 0.396 e. The third kappa shape index (κ3) is 4.78. The lowest BCUT2D eigenvalue weighted by molar-refractivity contribution is -0.128. The molecule has 18 heavy (non-hydrogen) atoms. The maximum atomic E-state index is 12.3. The molecule has 1 fully saturated rings. The molecule has 1 saturated heterocycles. The summed E-state index contributed by atoms with van der Waals surface area (Å²) in [6.45, 7) is 4.21. The van der Waals surface area contributed by atoms with E-state index in [2.05, 4.69) is 17.1 Å². The van der Waals surface area contributed by atoms with Gasteiger partial charge in [-0.05, 0) is 38.6 Å². The molecule has 1 aliphatic heterocycles. The number of amides is 1. The lowest BCUT2D eigenvalue weighted by Crippen LogP contribution is -2.52. The zero-order valence-electron chi connectivity index (χ0n) is 11.5. The summed E-state index contributed by atoms with van der Waals surface area (Å²) in [5.74, 6) is 1.01. The van der Waals surface area contributed by atoms with Crippen molar-refractivity contribution in [3.63, 3.8) is 0 Å². The van der Waals surface area contributed by atoms with Crippen LogP contribution in [0.2, 0.25) is 0 Å². The van der Waals surface area contributed by atoms with Crippen molar-refractivity contribution in [3.05, 3.63) is 0 Å². The van der Waals surface area contributed by atoms with E-state index in [1.54, 1.807) is 11.8 Å². The molecule has 0 spiro atoms. The van der Waals surface area contributed by atoms with Crippen molar-refractivity contribution in [1.29, 1.82) is 0 Å². The molecule has 4 nitrogen and oxygen atoms in total. The number of nitrogens with zero attached hydrogens (tertiary/aromatic N) is 1. The summed E-state index contributed by atoms with van der Waals surface area (Å²) in [6, 6.07) is 0.130. The Morgan fingerprint density at radius 2 is 2.33 bits per heavy atom. The van der Waals surface area contributed by atoms with Crippen LogP contribution in [-0.2, 0) is 4.79 Å². The van der Waals surface area contributed by atoms with E-state index >= 15 is 0 Å². The smallest absolute Gasteiger partial charge is 0.237 e. The fourth-order valence-electron chi connectivity index (χ4n) is 2.52. The Balaban J connectivity index is 2.50. The zero-order valence-corrected chi connectivity index (χ0v) is 12.3. The molecular weight excluding hydrogens is 248 g/mol. The number of likely N-dealkylation sites (tertiary alicyclic amines) is 1. The average molecular weight is 274 g/mol. The number of carbonyl (C=O) groups excluding carboxylic acids is 1. The second-order valence-electron chi connectivity index (χ2n) is 4.81. The van der Waals surface area contributed by atoms with E-state index in [-0.39, 0.29) is 24.6 Å². The molecule has 0 aliphatic carbocycles. The van der Waals surface area contributed by atoms with E-state index in [0.717, 1.165) is 31.7 Å². The molecule has 1 aliphatic rings. The van der Waals surface area contributed by atoms with Crippen molar-refractivity contribution >= 4 is 17.7 Å². The molecule has 0 bridgehead atoms. The molecule has 5 heteroatoms. The van der Waals surface area contributed by atoms with Gasteiger partial charge in [0.25, 0.3) is 0 Å². The van der Waals surface area contributed by atoms with Crippen LogP contribution in [0.25, 0.3) is 0 Å². The molecule has 1 amide bonds. The quantitative estimate of drug-likeness (QED) is 0.730. The molecule has 2 atom stereocenters. The third-order valence-electron chi connectivity index (χ3n) is 3.51. The first-order valence-corrected chi connectivity index (χ1v) is 8.26. The summed E-state index contributed by atoms with van der Waals surface area (Å²) in [5.41, 5.74) is 0. The van der Waals surface area contributed by atoms with Gasteiger partial charge in [0, 0.05) is 18.4 Å². The van der Waals surface area contributed by atoms with Gasteiger partial charge in [-0.3, -0.25) is 9.69 Å². The number of hydrogen-bond acceptors (Lipinski definition) is 4. The number of aliphatic hydroxyl groups is 1. The van der Waals surface area contributed by atoms with Gasteiger partial charge in [0.2, 0.25) is 5.91 Å². The van der Waals surface area contributed by atoms with Crippen LogP contribution in [0.15, 0.2) is 0 Å². The highest BCUT2D eigenvalue weighted by molar-refractivity contribution is 7.98. The topological polar surface area (TPSA) is 52.6 Å². The molecule has 0 aromatic rings. The summed E-state index contributed by atoms with van der Waals surface area (Å²) in [6.07, 6.45) is 5.97. The molecule has 1 heterocycles. The average Bonchev–Trinajstić information content (AvgIpc) is 2.39. The summed E-state index contributed by atoms with van der Waals surface area (Å²) < 4.78 is 0. The fourth-order valence-corrected chi connectivity index (χ4v) is 3.17. The first-order valence-electron chi connectivity index (χ1n) is 6.87. The SMILES string of the molecule is CCN1CCCCC1C(=O)NC(CCO)CSC. The monoisotopic (exact) mass is 274 g/mol. The minimum Gasteiger partial charge on any atom is -0.396 e. The van der Waals surface area contributed by atoms with Crippen LogP contribution in [-0.4, -0.2) is 59.7 Å². The van der Waals surface area contributed by atoms with Gasteiger partial charge in [-0.15, -0.1) is 0 Å². The van der Waals surface area contributed by atoms with Gasteiger partial charge in [0.1, 0.15) is 0 Å². The van der Waals surface area contributed by atoms with Gasteiger partial charge >= 0.3 is 0 Å². The van der Waals surface area contributed by atoms with E-state index in [1.807, 2.05) is 6.26 Å². The minimum absolute atomic E-state index is 0.0341. The predicted octanol–water partition coefficient (Wildman–Crippen LogP) is 1.09. The minimum atomic E-state index is 0.0341. The molecular formula is C13H26N2O2S. The van der Waals surface area contributed by atoms with Crippen LogP contribution in [0.1, 0.15) is 32.6 Å². The molecule has 2 unspecified atom stereocenters. The highest BCUT2D eigenvalue weighted by Crippen LogP contribution is 2.17. The second-order valence-corrected chi connectivity index (χ2v) is 5.72. The van der Waals surface area contributed by atoms with Crippen molar-refractivity contribution in [1.82, 2.24) is 10.2 Å². The normalized spacial score (nSPS) is 22.7. The molecule has 106 valence electrons. The van der Waals surface area contributed by atoms with Crippen LogP contribution >= 0.6 is 11.8 Å². The second kappa shape index (κ2) is 8.77. The standard InChI is InChI=1S/C13H26N2O2S/c1-3-15-8-5-4-6-12(15)13(17)14-11(7-9-16)10-18-2/h11-12,16H,3-10H2,1-2H3,(H,14,17). The molecule has 0 aromatic carbocycles. The van der Waals surface area contributed by atoms with E-state index in [9.17, 15) is 4.79 Å². The fraction of sp³-hybridized carbons (Fsp3) is 0.923. The Kier molecular flexibility index (Phi) is 7.70. The first-order chi connectivity index (χ1) is 8.72. The zero-order chi connectivity index (χ0) is 13.4. The van der Waals surface area contributed by atoms with Gasteiger partial charge < -0.3 is 10.4 Å². The Hall–Kier alpha value is -0.260. The van der Waals surface area contributed by atoms with E-state index in [4.69, 9.17) is 5.11 Å². The lowest BCUT2D eigenvalue weighted by atomic mass is 10.0. The Bertz CT molecular complexity index is 245. The van der Waals surface area contributed by atoms with Crippen LogP contribution in [0.5, 0.6) is 0 Å². The number of rotatable bonds is 7. The molecule has 1 rings (SSSR count). The number of thioether (sulfide) groups is 1. The summed E-state index contributed by atoms with van der Waals surface area (Å²) in [5, 5.41) is 12.1. The number of piperidine rings is 1. The predicted molar refractivity (Wildman–Crippen MR) is 76.9 cm³/mol. The maximum Gasteiger partial charge on any atom is 0.237 e. The van der Waals surface area contributed by atoms with Crippen molar-refractivity contribution in [3.8, 4) is 0 Å². The van der Waals surface area contributed by atoms with Crippen LogP contribution < -0.4 is 5.32 Å². The van der Waals surface area contributed by atoms with Crippen LogP contribution in [0.4, 0.5) is 0 Å². The van der Waals surface area contributed by atoms with Gasteiger partial charge in [0.15, 0.2) is 0 Å². The van der Waals surface area contributed by atoms with Crippen molar-refractivity contribution < 1.29 is 9.90 Å². The highest BCUT2D eigenvalue weighted by atomic mass is 32.2. The Morgan fingerprint density at radius 1 is 1.56 bits per heavy atom. The first kappa shape index (κ1) is 15.8. The van der Waals surface area contributed by atoms with Gasteiger partial charge in [-0.2, -0.15) is 11.8 Å².